The summed E-state index contributed by atoms with van der Waals surface area (Å²) in [5, 5.41) is 14.4. The van der Waals surface area contributed by atoms with E-state index in [-0.39, 0.29) is 5.57 Å². The molecule has 0 aliphatic rings. The van der Waals surface area contributed by atoms with Gasteiger partial charge in [-0.1, -0.05) is 0 Å². The van der Waals surface area contributed by atoms with Crippen LogP contribution in [0.2, 0.25) is 0 Å². The second-order valence-corrected chi connectivity index (χ2v) is 4.38. The van der Waals surface area contributed by atoms with Crippen molar-refractivity contribution < 1.29 is 18.7 Å². The Morgan fingerprint density at radius 1 is 1.30 bits per heavy atom. The summed E-state index contributed by atoms with van der Waals surface area (Å²) in [6, 6.07) is 7.07. The van der Waals surface area contributed by atoms with Crippen molar-refractivity contribution in [3.05, 3.63) is 41.9 Å². The molecule has 7 heteroatoms. The van der Waals surface area contributed by atoms with E-state index in [2.05, 4.69) is 10.6 Å². The third kappa shape index (κ3) is 6.91. The van der Waals surface area contributed by atoms with Gasteiger partial charge in [-0.15, -0.1) is 0 Å². The van der Waals surface area contributed by atoms with Crippen LogP contribution in [0.3, 0.4) is 0 Å². The molecule has 0 heterocycles. The summed E-state index contributed by atoms with van der Waals surface area (Å²) < 4.78 is 23.5. The Morgan fingerprint density at radius 2 is 1.91 bits per heavy atom. The molecule has 6 nitrogen and oxygen atoms in total. The minimum atomic E-state index is -0.587. The molecule has 0 aliphatic heterocycles. The van der Waals surface area contributed by atoms with Crippen LogP contribution in [0, 0.1) is 17.1 Å². The van der Waals surface area contributed by atoms with E-state index in [4.69, 9.17) is 14.7 Å². The van der Waals surface area contributed by atoms with Crippen LogP contribution in [0.1, 0.15) is 13.8 Å². The molecule has 0 saturated heterocycles. The van der Waals surface area contributed by atoms with E-state index < -0.39 is 18.0 Å². The van der Waals surface area contributed by atoms with Crippen LogP contribution >= 0.6 is 0 Å². The van der Waals surface area contributed by atoms with Crippen molar-refractivity contribution in [3.8, 4) is 6.07 Å². The van der Waals surface area contributed by atoms with Crippen LogP contribution in [-0.2, 0) is 14.3 Å². The minimum absolute atomic E-state index is 0.110. The number of hydrogen-bond donors (Lipinski definition) is 2. The lowest BCUT2D eigenvalue weighted by molar-refractivity contribution is -0.131. The van der Waals surface area contributed by atoms with Gasteiger partial charge in [-0.2, -0.15) is 5.26 Å². The Balaban J connectivity index is 2.58. The van der Waals surface area contributed by atoms with Gasteiger partial charge < -0.3 is 20.1 Å². The zero-order chi connectivity index (χ0) is 17.1. The lowest BCUT2D eigenvalue weighted by atomic mass is 10.2. The fourth-order valence-corrected chi connectivity index (χ4v) is 1.68. The molecule has 124 valence electrons. The quantitative estimate of drug-likeness (QED) is 0.414. The number of halogens is 1. The monoisotopic (exact) mass is 321 g/mol. The molecule has 0 atom stereocenters. The number of nitriles is 1. The molecule has 23 heavy (non-hydrogen) atoms. The first-order valence-electron chi connectivity index (χ1n) is 7.24. The minimum Gasteiger partial charge on any atom is -0.385 e. The second-order valence-electron chi connectivity index (χ2n) is 4.38. The van der Waals surface area contributed by atoms with Crippen molar-refractivity contribution in [1.29, 1.82) is 5.26 Å². The molecule has 0 bridgehead atoms. The van der Waals surface area contributed by atoms with Crippen LogP contribution in [-0.4, -0.2) is 32.0 Å². The predicted octanol–water partition coefficient (Wildman–Crippen LogP) is 2.16. The average molecular weight is 321 g/mol. The van der Waals surface area contributed by atoms with E-state index in [9.17, 15) is 9.18 Å². The van der Waals surface area contributed by atoms with E-state index in [1.165, 1.54) is 30.5 Å². The largest absolute Gasteiger partial charge is 0.385 e. The molecule has 0 aromatic heterocycles. The molecule has 0 fully saturated rings. The fourth-order valence-electron chi connectivity index (χ4n) is 1.68. The van der Waals surface area contributed by atoms with Gasteiger partial charge in [0, 0.05) is 25.1 Å². The highest BCUT2D eigenvalue weighted by molar-refractivity contribution is 6.06. The van der Waals surface area contributed by atoms with Gasteiger partial charge in [-0.25, -0.2) is 4.39 Å². The van der Waals surface area contributed by atoms with Crippen molar-refractivity contribution in [2.75, 3.05) is 25.1 Å². The first kappa shape index (κ1) is 18.6. The van der Waals surface area contributed by atoms with Crippen molar-refractivity contribution in [1.82, 2.24) is 5.32 Å². The SMILES string of the molecule is CCOC(CN/C=C(/C#N)C(=O)Nc1ccc(F)cc1)OCC. The zero-order valence-corrected chi connectivity index (χ0v) is 13.1. The van der Waals surface area contributed by atoms with Gasteiger partial charge in [0.05, 0.1) is 6.54 Å². The highest BCUT2D eigenvalue weighted by atomic mass is 19.1. The standard InChI is InChI=1S/C16H20FN3O3/c1-3-22-15(23-4-2)11-19-10-12(9-18)16(21)20-14-7-5-13(17)6-8-14/h5-8,10,15,19H,3-4,11H2,1-2H3,(H,20,21)/b12-10-. The summed E-state index contributed by atoms with van der Waals surface area (Å²) in [6.07, 6.45) is 0.838. The molecule has 1 aromatic rings. The molecule has 0 spiro atoms. The smallest absolute Gasteiger partial charge is 0.267 e. The third-order valence-corrected chi connectivity index (χ3v) is 2.70. The Bertz CT molecular complexity index is 561. The number of amides is 1. The van der Waals surface area contributed by atoms with Crippen molar-refractivity contribution in [2.24, 2.45) is 0 Å². The zero-order valence-electron chi connectivity index (χ0n) is 13.1. The van der Waals surface area contributed by atoms with Gasteiger partial charge in [0.25, 0.3) is 5.91 Å². The lowest BCUT2D eigenvalue weighted by Gasteiger charge is -2.16. The second kappa shape index (κ2) is 10.3. The summed E-state index contributed by atoms with van der Waals surface area (Å²) in [6.45, 7) is 4.98. The van der Waals surface area contributed by atoms with E-state index in [0.29, 0.717) is 25.4 Å². The molecule has 1 amide bonds. The summed E-state index contributed by atoms with van der Waals surface area (Å²) in [4.78, 5) is 12.0. The number of hydrogen-bond acceptors (Lipinski definition) is 5. The number of carbonyl (C=O) groups excluding carboxylic acids is 1. The molecule has 1 rings (SSSR count). The van der Waals surface area contributed by atoms with Gasteiger partial charge >= 0.3 is 0 Å². The van der Waals surface area contributed by atoms with Crippen LogP contribution in [0.4, 0.5) is 10.1 Å². The number of ether oxygens (including phenoxy) is 2. The van der Waals surface area contributed by atoms with Gasteiger partial charge in [0.15, 0.2) is 6.29 Å². The average Bonchev–Trinajstić information content (AvgIpc) is 2.54. The Morgan fingerprint density at radius 3 is 2.43 bits per heavy atom. The van der Waals surface area contributed by atoms with Crippen molar-refractivity contribution in [3.63, 3.8) is 0 Å². The van der Waals surface area contributed by atoms with Gasteiger partial charge in [-0.3, -0.25) is 4.79 Å². The van der Waals surface area contributed by atoms with Gasteiger partial charge in [-0.05, 0) is 38.1 Å². The van der Waals surface area contributed by atoms with Crippen molar-refractivity contribution >= 4 is 11.6 Å². The Hall–Kier alpha value is -2.43. The van der Waals surface area contributed by atoms with E-state index in [1.807, 2.05) is 13.8 Å². The highest BCUT2D eigenvalue weighted by Gasteiger charge is 2.11. The molecular weight excluding hydrogens is 301 g/mol. The molecule has 0 aliphatic carbocycles. The normalized spacial score (nSPS) is 11.2. The maximum Gasteiger partial charge on any atom is 0.267 e. The summed E-state index contributed by atoms with van der Waals surface area (Å²) in [5.41, 5.74) is 0.292. The van der Waals surface area contributed by atoms with Crippen LogP contribution in [0.25, 0.3) is 0 Å². The number of nitrogens with zero attached hydrogens (tertiary/aromatic N) is 1. The molecule has 0 radical (unpaired) electrons. The fraction of sp³-hybridized carbons (Fsp3) is 0.375. The molecule has 0 saturated carbocycles. The Labute approximate surface area is 134 Å². The molecule has 1 aromatic carbocycles. The maximum atomic E-state index is 12.8. The van der Waals surface area contributed by atoms with Crippen LogP contribution in [0.5, 0.6) is 0 Å². The summed E-state index contributed by atoms with van der Waals surface area (Å²) in [7, 11) is 0. The summed E-state index contributed by atoms with van der Waals surface area (Å²) in [5.74, 6) is -0.991. The Kier molecular flexibility index (Phi) is 8.36. The van der Waals surface area contributed by atoms with E-state index >= 15 is 0 Å². The van der Waals surface area contributed by atoms with Crippen LogP contribution < -0.4 is 10.6 Å². The molecular formula is C16H20FN3O3. The number of rotatable bonds is 9. The van der Waals surface area contributed by atoms with Gasteiger partial charge in [0.1, 0.15) is 17.5 Å². The van der Waals surface area contributed by atoms with Crippen molar-refractivity contribution in [2.45, 2.75) is 20.1 Å². The lowest BCUT2D eigenvalue weighted by Crippen LogP contribution is -2.29. The molecule has 0 unspecified atom stereocenters. The van der Waals surface area contributed by atoms with Gasteiger partial charge in [0.2, 0.25) is 0 Å². The van der Waals surface area contributed by atoms with E-state index in [0.717, 1.165) is 0 Å². The highest BCUT2D eigenvalue weighted by Crippen LogP contribution is 2.09. The van der Waals surface area contributed by atoms with Crippen LogP contribution in [0.15, 0.2) is 36.0 Å². The molecule has 2 N–H and O–H groups in total. The first-order chi connectivity index (χ1) is 11.1. The number of nitrogens with one attached hydrogen (secondary N) is 2. The predicted molar refractivity (Wildman–Crippen MR) is 83.8 cm³/mol. The maximum absolute atomic E-state index is 12.8. The summed E-state index contributed by atoms with van der Waals surface area (Å²) >= 11 is 0. The number of anilines is 1. The number of carbonyl (C=O) groups is 1. The number of benzene rings is 1. The van der Waals surface area contributed by atoms with E-state index in [1.54, 1.807) is 6.07 Å². The third-order valence-electron chi connectivity index (χ3n) is 2.70. The first-order valence-corrected chi connectivity index (χ1v) is 7.24. The topological polar surface area (TPSA) is 83.4 Å².